The third kappa shape index (κ3) is 3.37. The first-order chi connectivity index (χ1) is 13.8. The fourth-order valence-electron chi connectivity index (χ4n) is 4.17. The molecule has 1 N–H and O–H groups in total. The van der Waals surface area contributed by atoms with Crippen LogP contribution in [0, 0.1) is 5.92 Å². The largest absolute Gasteiger partial charge is 0.454 e. The second-order valence-electron chi connectivity index (χ2n) is 7.68. The van der Waals surface area contributed by atoms with Crippen molar-refractivity contribution in [2.24, 2.45) is 5.92 Å². The van der Waals surface area contributed by atoms with E-state index in [1.165, 1.54) is 12.8 Å². The predicted molar refractivity (Wildman–Crippen MR) is 103 cm³/mol. The van der Waals surface area contributed by atoms with E-state index in [-0.39, 0.29) is 18.6 Å². The van der Waals surface area contributed by atoms with Gasteiger partial charge in [-0.15, -0.1) is 0 Å². The van der Waals surface area contributed by atoms with Crippen LogP contribution in [-0.2, 0) is 24.2 Å². The maximum absolute atomic E-state index is 12.7. The Morgan fingerprint density at radius 3 is 2.96 bits per heavy atom. The number of rotatable bonds is 4. The van der Waals surface area contributed by atoms with E-state index in [1.807, 2.05) is 24.4 Å². The summed E-state index contributed by atoms with van der Waals surface area (Å²) in [6.07, 6.45) is 6.73. The molecule has 1 aromatic heterocycles. The van der Waals surface area contributed by atoms with Crippen LogP contribution in [0.5, 0.6) is 11.5 Å². The molecule has 1 aliphatic carbocycles. The normalized spacial score (nSPS) is 20.1. The molecule has 1 saturated heterocycles. The number of nitrogens with one attached hydrogen (secondary N) is 1. The summed E-state index contributed by atoms with van der Waals surface area (Å²) in [5.74, 6) is 2.41. The van der Waals surface area contributed by atoms with Crippen LogP contribution < -0.4 is 19.7 Å². The third-order valence-electron chi connectivity index (χ3n) is 5.80. The van der Waals surface area contributed by atoms with Gasteiger partial charge in [0.25, 0.3) is 0 Å². The molecule has 0 unspecified atom stereocenters. The van der Waals surface area contributed by atoms with Crippen molar-refractivity contribution < 1.29 is 14.3 Å². The van der Waals surface area contributed by atoms with Crippen LogP contribution in [0.3, 0.4) is 0 Å². The Bertz CT molecular complexity index is 895. The molecule has 0 spiro atoms. The van der Waals surface area contributed by atoms with Crippen LogP contribution in [-0.4, -0.2) is 35.8 Å². The summed E-state index contributed by atoms with van der Waals surface area (Å²) in [5.41, 5.74) is 3.22. The zero-order chi connectivity index (χ0) is 18.9. The number of hydrogen-bond donors (Lipinski definition) is 1. The van der Waals surface area contributed by atoms with Crippen LogP contribution in [0.15, 0.2) is 24.4 Å². The summed E-state index contributed by atoms with van der Waals surface area (Å²) in [4.78, 5) is 24.3. The van der Waals surface area contributed by atoms with Crippen LogP contribution in [0.2, 0.25) is 0 Å². The summed E-state index contributed by atoms with van der Waals surface area (Å²) >= 11 is 0. The number of anilines is 1. The number of benzene rings is 1. The van der Waals surface area contributed by atoms with Crippen molar-refractivity contribution in [2.75, 3.05) is 24.8 Å². The number of nitrogens with zero attached hydrogens (tertiary/aromatic N) is 3. The first-order valence-electron chi connectivity index (χ1n) is 10.0. The van der Waals surface area contributed by atoms with Crippen molar-refractivity contribution in [1.82, 2.24) is 15.3 Å². The first kappa shape index (κ1) is 17.3. The Morgan fingerprint density at radius 1 is 1.21 bits per heavy atom. The summed E-state index contributed by atoms with van der Waals surface area (Å²) < 4.78 is 10.7. The van der Waals surface area contributed by atoms with Gasteiger partial charge in [-0.3, -0.25) is 4.79 Å². The lowest BCUT2D eigenvalue weighted by molar-refractivity contribution is -0.125. The van der Waals surface area contributed by atoms with Gasteiger partial charge in [0.1, 0.15) is 0 Å². The van der Waals surface area contributed by atoms with Crippen molar-refractivity contribution in [3.05, 3.63) is 41.2 Å². The molecule has 28 heavy (non-hydrogen) atoms. The zero-order valence-electron chi connectivity index (χ0n) is 15.8. The molecule has 2 aliphatic heterocycles. The van der Waals surface area contributed by atoms with Gasteiger partial charge in [-0.1, -0.05) is 6.07 Å². The first-order valence-corrected chi connectivity index (χ1v) is 10.0. The number of hydrogen-bond acceptors (Lipinski definition) is 6. The zero-order valence-corrected chi connectivity index (χ0v) is 15.8. The van der Waals surface area contributed by atoms with Gasteiger partial charge < -0.3 is 19.7 Å². The van der Waals surface area contributed by atoms with E-state index in [9.17, 15) is 4.79 Å². The molecule has 1 atom stereocenters. The van der Waals surface area contributed by atoms with Crippen molar-refractivity contribution >= 4 is 11.9 Å². The molecule has 7 nitrogen and oxygen atoms in total. The number of carbonyl (C=O) groups is 1. The quantitative estimate of drug-likeness (QED) is 0.877. The highest BCUT2D eigenvalue weighted by Crippen LogP contribution is 2.32. The predicted octanol–water partition coefficient (Wildman–Crippen LogP) is 2.23. The van der Waals surface area contributed by atoms with E-state index in [0.717, 1.165) is 60.2 Å². The standard InChI is InChI=1S/C21H24N4O3/c26-20(22-11-14-3-6-18-19(9-14)28-13-27-18)15-4-5-17-16(10-15)12-23-21(24-17)25-7-1-2-8-25/h3,6,9,12,15H,1-2,4-5,7-8,10-11,13H2,(H,22,26)/t15-/m0/s1. The van der Waals surface area contributed by atoms with Gasteiger partial charge in [0.05, 0.1) is 0 Å². The number of ether oxygens (including phenoxy) is 2. The smallest absolute Gasteiger partial charge is 0.231 e. The average Bonchev–Trinajstić information content (AvgIpc) is 3.42. The number of aromatic nitrogens is 2. The minimum atomic E-state index is -0.0252. The minimum Gasteiger partial charge on any atom is -0.454 e. The van der Waals surface area contributed by atoms with Gasteiger partial charge in [0.15, 0.2) is 11.5 Å². The summed E-state index contributed by atoms with van der Waals surface area (Å²) in [6.45, 7) is 2.84. The molecule has 0 bridgehead atoms. The molecule has 0 radical (unpaired) electrons. The molecule has 2 aromatic rings. The molecule has 0 saturated carbocycles. The third-order valence-corrected chi connectivity index (χ3v) is 5.80. The topological polar surface area (TPSA) is 76.6 Å². The number of carbonyl (C=O) groups excluding carboxylic acids is 1. The molecule has 1 amide bonds. The van der Waals surface area contributed by atoms with E-state index < -0.39 is 0 Å². The maximum Gasteiger partial charge on any atom is 0.231 e. The van der Waals surface area contributed by atoms with Gasteiger partial charge in [0.2, 0.25) is 18.6 Å². The molecular weight excluding hydrogens is 356 g/mol. The van der Waals surface area contributed by atoms with Crippen molar-refractivity contribution in [2.45, 2.75) is 38.6 Å². The average molecular weight is 380 g/mol. The molecule has 5 rings (SSSR count). The van der Waals surface area contributed by atoms with Crippen LogP contribution in [0.25, 0.3) is 0 Å². The Balaban J connectivity index is 1.20. The van der Waals surface area contributed by atoms with Gasteiger partial charge in [-0.05, 0) is 55.4 Å². The highest BCUT2D eigenvalue weighted by molar-refractivity contribution is 5.79. The van der Waals surface area contributed by atoms with E-state index in [2.05, 4.69) is 15.2 Å². The molecule has 146 valence electrons. The van der Waals surface area contributed by atoms with Crippen LogP contribution in [0.1, 0.15) is 36.1 Å². The lowest BCUT2D eigenvalue weighted by Gasteiger charge is -2.24. The molecular formula is C21H24N4O3. The molecule has 3 heterocycles. The maximum atomic E-state index is 12.7. The van der Waals surface area contributed by atoms with Gasteiger partial charge in [-0.25, -0.2) is 9.97 Å². The van der Waals surface area contributed by atoms with Crippen LogP contribution in [0.4, 0.5) is 5.95 Å². The lowest BCUT2D eigenvalue weighted by atomic mass is 9.86. The summed E-state index contributed by atoms with van der Waals surface area (Å²) in [5, 5.41) is 3.06. The number of aryl methyl sites for hydroxylation is 1. The lowest BCUT2D eigenvalue weighted by Crippen LogP contribution is -2.34. The SMILES string of the molecule is O=C(NCc1ccc2c(c1)OCO2)[C@H]1CCc2nc(N3CCCC3)ncc2C1. The fraction of sp³-hybridized carbons (Fsp3) is 0.476. The summed E-state index contributed by atoms with van der Waals surface area (Å²) in [6, 6.07) is 5.76. The monoisotopic (exact) mass is 380 g/mol. The van der Waals surface area contributed by atoms with Crippen molar-refractivity contribution in [3.63, 3.8) is 0 Å². The Morgan fingerprint density at radius 2 is 2.07 bits per heavy atom. The van der Waals surface area contributed by atoms with Gasteiger partial charge in [-0.2, -0.15) is 0 Å². The molecule has 3 aliphatic rings. The Labute approximate surface area is 164 Å². The second kappa shape index (κ2) is 7.30. The van der Waals surface area contributed by atoms with E-state index in [0.29, 0.717) is 13.0 Å². The number of fused-ring (bicyclic) bond motifs is 2. The molecule has 1 aromatic carbocycles. The minimum absolute atomic E-state index is 0.0252. The van der Waals surface area contributed by atoms with Crippen molar-refractivity contribution in [3.8, 4) is 11.5 Å². The van der Waals surface area contributed by atoms with E-state index in [1.54, 1.807) is 0 Å². The van der Waals surface area contributed by atoms with Gasteiger partial charge >= 0.3 is 0 Å². The molecule has 7 heteroatoms. The fourth-order valence-corrected chi connectivity index (χ4v) is 4.17. The van der Waals surface area contributed by atoms with Crippen LogP contribution >= 0.6 is 0 Å². The number of amides is 1. The van der Waals surface area contributed by atoms with Crippen molar-refractivity contribution in [1.29, 1.82) is 0 Å². The highest BCUT2D eigenvalue weighted by atomic mass is 16.7. The Kier molecular flexibility index (Phi) is 4.50. The summed E-state index contributed by atoms with van der Waals surface area (Å²) in [7, 11) is 0. The van der Waals surface area contributed by atoms with E-state index >= 15 is 0 Å². The highest BCUT2D eigenvalue weighted by Gasteiger charge is 2.27. The van der Waals surface area contributed by atoms with E-state index in [4.69, 9.17) is 14.5 Å². The second-order valence-corrected chi connectivity index (χ2v) is 7.68. The molecule has 1 fully saturated rings. The Hall–Kier alpha value is -2.83. The van der Waals surface area contributed by atoms with Gasteiger partial charge in [0, 0.05) is 37.4 Å².